The van der Waals surface area contributed by atoms with Crippen LogP contribution < -0.4 is 5.32 Å². The third kappa shape index (κ3) is 4.25. The zero-order chi connectivity index (χ0) is 13.9. The second kappa shape index (κ2) is 6.85. The van der Waals surface area contributed by atoms with Gasteiger partial charge in [-0.05, 0) is 49.3 Å². The van der Waals surface area contributed by atoms with Crippen molar-refractivity contribution in [1.29, 1.82) is 0 Å². The van der Waals surface area contributed by atoms with Crippen LogP contribution >= 0.6 is 27.7 Å². The lowest BCUT2D eigenvalue weighted by Crippen LogP contribution is -2.16. The molecule has 3 heteroatoms. The van der Waals surface area contributed by atoms with Crippen LogP contribution in [-0.2, 0) is 6.54 Å². The van der Waals surface area contributed by atoms with Crippen molar-refractivity contribution < 1.29 is 0 Å². The molecule has 0 saturated heterocycles. The normalized spacial score (nSPS) is 26.7. The number of nitrogens with one attached hydrogen (secondary N) is 1. The maximum absolute atomic E-state index is 3.74. The summed E-state index contributed by atoms with van der Waals surface area (Å²) in [5.41, 5.74) is 1.39. The highest BCUT2D eigenvalue weighted by Crippen LogP contribution is 2.37. The van der Waals surface area contributed by atoms with Gasteiger partial charge in [0.2, 0.25) is 0 Å². The van der Waals surface area contributed by atoms with E-state index in [0.29, 0.717) is 0 Å². The van der Waals surface area contributed by atoms with E-state index in [1.165, 1.54) is 53.5 Å². The van der Waals surface area contributed by atoms with E-state index in [1.54, 1.807) is 0 Å². The monoisotopic (exact) mass is 353 g/mol. The fourth-order valence-electron chi connectivity index (χ4n) is 2.96. The van der Waals surface area contributed by atoms with Crippen LogP contribution in [0.25, 0.3) is 0 Å². The van der Waals surface area contributed by atoms with Crippen molar-refractivity contribution in [2.75, 3.05) is 0 Å². The molecule has 1 N–H and O–H groups in total. The largest absolute Gasteiger partial charge is 0.310 e. The molecule has 1 aromatic rings. The van der Waals surface area contributed by atoms with Crippen molar-refractivity contribution in [2.24, 2.45) is 5.92 Å². The van der Waals surface area contributed by atoms with Gasteiger partial charge in [-0.3, -0.25) is 0 Å². The maximum atomic E-state index is 3.74. The third-order valence-electron chi connectivity index (χ3n) is 4.37. The summed E-state index contributed by atoms with van der Waals surface area (Å²) in [6.45, 7) is 3.39. The first-order chi connectivity index (χ1) is 9.70. The first-order valence-corrected chi connectivity index (χ1v) is 9.56. The number of thioether (sulfide) groups is 1. The molecule has 1 aromatic carbocycles. The molecule has 3 rings (SSSR count). The Labute approximate surface area is 135 Å². The molecule has 0 bridgehead atoms. The van der Waals surface area contributed by atoms with E-state index < -0.39 is 0 Å². The molecular formula is C17H24BrNS. The highest BCUT2D eigenvalue weighted by Gasteiger charge is 2.21. The standard InChI is InChI=1S/C17H24BrNS/c1-12-3-2-4-15(9-12)20-16-8-5-13(17(18)10-16)11-19-14-6-7-14/h5,8,10,12,14-15,19H,2-4,6-7,9,11H2,1H3. The minimum absolute atomic E-state index is 0.777. The number of hydrogen-bond donors (Lipinski definition) is 1. The molecule has 0 spiro atoms. The minimum atomic E-state index is 0.777. The van der Waals surface area contributed by atoms with Crippen molar-refractivity contribution in [1.82, 2.24) is 5.32 Å². The Morgan fingerprint density at radius 3 is 2.80 bits per heavy atom. The zero-order valence-electron chi connectivity index (χ0n) is 12.2. The zero-order valence-corrected chi connectivity index (χ0v) is 14.6. The van der Waals surface area contributed by atoms with Crippen LogP contribution in [0.5, 0.6) is 0 Å². The summed E-state index contributed by atoms with van der Waals surface area (Å²) in [4.78, 5) is 1.42. The molecule has 0 amide bonds. The number of halogens is 1. The Bertz CT molecular complexity index is 458. The molecule has 2 saturated carbocycles. The lowest BCUT2D eigenvalue weighted by Gasteiger charge is -2.26. The summed E-state index contributed by atoms with van der Waals surface area (Å²) in [6, 6.07) is 7.68. The quantitative estimate of drug-likeness (QED) is 0.763. The van der Waals surface area contributed by atoms with Crippen LogP contribution in [0, 0.1) is 5.92 Å². The van der Waals surface area contributed by atoms with Crippen molar-refractivity contribution in [3.8, 4) is 0 Å². The van der Waals surface area contributed by atoms with Gasteiger partial charge in [-0.1, -0.05) is 41.8 Å². The molecule has 0 radical (unpaired) electrons. The second-order valence-electron chi connectivity index (χ2n) is 6.42. The van der Waals surface area contributed by atoms with Gasteiger partial charge in [0.1, 0.15) is 0 Å². The topological polar surface area (TPSA) is 12.0 Å². The molecule has 2 atom stereocenters. The van der Waals surface area contributed by atoms with Gasteiger partial charge >= 0.3 is 0 Å². The molecular weight excluding hydrogens is 330 g/mol. The third-order valence-corrected chi connectivity index (χ3v) is 6.40. The van der Waals surface area contributed by atoms with E-state index in [4.69, 9.17) is 0 Å². The Morgan fingerprint density at radius 1 is 1.25 bits per heavy atom. The second-order valence-corrected chi connectivity index (χ2v) is 8.65. The van der Waals surface area contributed by atoms with Gasteiger partial charge in [-0.25, -0.2) is 0 Å². The Hall–Kier alpha value is 0.01000. The fraction of sp³-hybridized carbons (Fsp3) is 0.647. The molecule has 0 aliphatic heterocycles. The highest BCUT2D eigenvalue weighted by atomic mass is 79.9. The summed E-state index contributed by atoms with van der Waals surface area (Å²) < 4.78 is 1.26. The average molecular weight is 354 g/mol. The van der Waals surface area contributed by atoms with E-state index in [0.717, 1.165) is 23.8 Å². The van der Waals surface area contributed by atoms with E-state index in [2.05, 4.69) is 58.1 Å². The summed E-state index contributed by atoms with van der Waals surface area (Å²) in [5.74, 6) is 0.909. The van der Waals surface area contributed by atoms with Crippen LogP contribution in [0.3, 0.4) is 0 Å². The van der Waals surface area contributed by atoms with Crippen molar-refractivity contribution in [3.63, 3.8) is 0 Å². The van der Waals surface area contributed by atoms with Crippen LogP contribution in [0.1, 0.15) is 51.0 Å². The van der Waals surface area contributed by atoms with Gasteiger partial charge in [-0.15, -0.1) is 11.8 Å². The van der Waals surface area contributed by atoms with Crippen molar-refractivity contribution >= 4 is 27.7 Å². The molecule has 0 aromatic heterocycles. The predicted molar refractivity (Wildman–Crippen MR) is 91.3 cm³/mol. The van der Waals surface area contributed by atoms with Crippen LogP contribution in [-0.4, -0.2) is 11.3 Å². The predicted octanol–water partition coefficient (Wildman–Crippen LogP) is 5.37. The van der Waals surface area contributed by atoms with Gasteiger partial charge < -0.3 is 5.32 Å². The average Bonchev–Trinajstić information content (AvgIpc) is 3.22. The molecule has 2 unspecified atom stereocenters. The first kappa shape index (κ1) is 14.9. The molecule has 2 fully saturated rings. The molecule has 20 heavy (non-hydrogen) atoms. The minimum Gasteiger partial charge on any atom is -0.310 e. The van der Waals surface area contributed by atoms with Crippen LogP contribution in [0.2, 0.25) is 0 Å². The van der Waals surface area contributed by atoms with Gasteiger partial charge in [0.05, 0.1) is 0 Å². The molecule has 2 aliphatic rings. The first-order valence-electron chi connectivity index (χ1n) is 7.89. The van der Waals surface area contributed by atoms with Crippen LogP contribution in [0.4, 0.5) is 0 Å². The summed E-state index contributed by atoms with van der Waals surface area (Å²) in [7, 11) is 0. The van der Waals surface area contributed by atoms with Gasteiger partial charge in [0.25, 0.3) is 0 Å². The molecule has 1 nitrogen and oxygen atoms in total. The van der Waals surface area contributed by atoms with Crippen molar-refractivity contribution in [2.45, 2.75) is 68.2 Å². The van der Waals surface area contributed by atoms with E-state index >= 15 is 0 Å². The van der Waals surface area contributed by atoms with Crippen molar-refractivity contribution in [3.05, 3.63) is 28.2 Å². The highest BCUT2D eigenvalue weighted by molar-refractivity contribution is 9.10. The number of benzene rings is 1. The molecule has 110 valence electrons. The number of rotatable bonds is 5. The van der Waals surface area contributed by atoms with Gasteiger partial charge in [0, 0.05) is 27.2 Å². The van der Waals surface area contributed by atoms with Gasteiger partial charge in [0.15, 0.2) is 0 Å². The molecule has 2 aliphatic carbocycles. The van der Waals surface area contributed by atoms with Gasteiger partial charge in [-0.2, -0.15) is 0 Å². The van der Waals surface area contributed by atoms with E-state index in [1.807, 2.05) is 0 Å². The maximum Gasteiger partial charge on any atom is 0.0231 e. The number of hydrogen-bond acceptors (Lipinski definition) is 2. The fourth-order valence-corrected chi connectivity index (χ4v) is 5.06. The smallest absolute Gasteiger partial charge is 0.0231 e. The van der Waals surface area contributed by atoms with Crippen LogP contribution in [0.15, 0.2) is 27.6 Å². The molecule has 0 heterocycles. The SMILES string of the molecule is CC1CCCC(Sc2ccc(CNC3CC3)c(Br)c2)C1. The summed E-state index contributed by atoms with van der Waals surface area (Å²) in [5, 5.41) is 4.40. The summed E-state index contributed by atoms with van der Waals surface area (Å²) >= 11 is 5.82. The van der Waals surface area contributed by atoms with E-state index in [9.17, 15) is 0 Å². The summed E-state index contributed by atoms with van der Waals surface area (Å²) in [6.07, 6.45) is 8.30. The Balaban J connectivity index is 1.57. The lowest BCUT2D eigenvalue weighted by molar-refractivity contribution is 0.394. The van der Waals surface area contributed by atoms with E-state index in [-0.39, 0.29) is 0 Å². The lowest BCUT2D eigenvalue weighted by atomic mass is 9.91. The Kier molecular flexibility index (Phi) is 5.11. The Morgan fingerprint density at radius 2 is 2.10 bits per heavy atom.